The molecule has 1 aromatic carbocycles. The van der Waals surface area contributed by atoms with Crippen LogP contribution in [0, 0.1) is 18.2 Å². The first-order valence-electron chi connectivity index (χ1n) is 11.2. The van der Waals surface area contributed by atoms with E-state index in [0.29, 0.717) is 30.0 Å². The molecule has 3 aromatic rings. The van der Waals surface area contributed by atoms with E-state index < -0.39 is 0 Å². The van der Waals surface area contributed by atoms with E-state index in [2.05, 4.69) is 20.5 Å². The van der Waals surface area contributed by atoms with E-state index in [0.717, 1.165) is 52.2 Å². The van der Waals surface area contributed by atoms with Crippen LogP contribution in [0.1, 0.15) is 17.7 Å². The van der Waals surface area contributed by atoms with Gasteiger partial charge in [-0.2, -0.15) is 0 Å². The summed E-state index contributed by atoms with van der Waals surface area (Å²) in [4.78, 5) is 12.4. The van der Waals surface area contributed by atoms with Crippen LogP contribution in [0.15, 0.2) is 36.3 Å². The van der Waals surface area contributed by atoms with Crippen LogP contribution < -0.4 is 15.4 Å². The number of methoxy groups -OCH3 is 1. The molecule has 10 heteroatoms. The zero-order chi connectivity index (χ0) is 24.1. The molecule has 0 radical (unpaired) electrons. The van der Waals surface area contributed by atoms with Gasteiger partial charge in [-0.1, -0.05) is 0 Å². The molecule has 0 spiro atoms. The lowest BCUT2D eigenvalue weighted by Gasteiger charge is -2.31. The topological polar surface area (TPSA) is 106 Å². The van der Waals surface area contributed by atoms with Crippen molar-refractivity contribution in [3.8, 4) is 16.9 Å². The number of thiophene rings is 1. The number of aromatic nitrogens is 2. The van der Waals surface area contributed by atoms with Crippen LogP contribution in [0.3, 0.4) is 0 Å². The number of nitrogens with zero attached hydrogens (tertiary/aromatic N) is 3. The summed E-state index contributed by atoms with van der Waals surface area (Å²) in [5.74, 6) is 0.467. The number of hydrogen-bond acceptors (Lipinski definition) is 9. The molecular formula is C24H29FN6O2S. The van der Waals surface area contributed by atoms with Crippen molar-refractivity contribution < 1.29 is 14.2 Å². The average molecular weight is 485 g/mol. The summed E-state index contributed by atoms with van der Waals surface area (Å²) in [7, 11) is 1.52. The number of hydrogen-bond donors (Lipinski definition) is 4. The summed E-state index contributed by atoms with van der Waals surface area (Å²) in [6, 6.07) is 4.80. The molecule has 0 aliphatic carbocycles. The highest BCUT2D eigenvalue weighted by Crippen LogP contribution is 2.41. The van der Waals surface area contributed by atoms with Crippen LogP contribution >= 0.6 is 11.3 Å². The average Bonchev–Trinajstić information content (AvgIpc) is 3.17. The quantitative estimate of drug-likeness (QED) is 0.343. The number of piperidine rings is 1. The van der Waals surface area contributed by atoms with Crippen LogP contribution in [-0.4, -0.2) is 65.6 Å². The smallest absolute Gasteiger partial charge is 0.227 e. The molecule has 1 aliphatic heterocycles. The highest BCUT2D eigenvalue weighted by molar-refractivity contribution is 7.19. The molecule has 0 atom stereocenters. The molecule has 180 valence electrons. The zero-order valence-corrected chi connectivity index (χ0v) is 20.1. The summed E-state index contributed by atoms with van der Waals surface area (Å²) < 4.78 is 20.1. The van der Waals surface area contributed by atoms with E-state index >= 15 is 0 Å². The maximum Gasteiger partial charge on any atom is 0.227 e. The Labute approximate surface area is 202 Å². The van der Waals surface area contributed by atoms with E-state index in [4.69, 9.17) is 20.2 Å². The molecule has 0 amide bonds. The van der Waals surface area contributed by atoms with Gasteiger partial charge in [0.25, 0.3) is 0 Å². The first-order chi connectivity index (χ1) is 16.5. The molecule has 34 heavy (non-hydrogen) atoms. The third-order valence-corrected chi connectivity index (χ3v) is 6.96. The number of benzene rings is 1. The molecule has 1 aliphatic rings. The predicted octanol–water partition coefficient (Wildman–Crippen LogP) is 3.76. The van der Waals surface area contributed by atoms with Crippen molar-refractivity contribution in [2.75, 3.05) is 38.7 Å². The van der Waals surface area contributed by atoms with Gasteiger partial charge >= 0.3 is 0 Å². The molecule has 4 N–H and O–H groups in total. The van der Waals surface area contributed by atoms with Crippen molar-refractivity contribution in [2.24, 2.45) is 0 Å². The molecule has 3 heterocycles. The lowest BCUT2D eigenvalue weighted by molar-refractivity contribution is 0.160. The van der Waals surface area contributed by atoms with E-state index in [1.165, 1.54) is 25.5 Å². The second kappa shape index (κ2) is 10.9. The summed E-state index contributed by atoms with van der Waals surface area (Å²) in [6.07, 6.45) is 6.72. The Hall–Kier alpha value is -3.08. The van der Waals surface area contributed by atoms with Gasteiger partial charge in [-0.15, -0.1) is 11.3 Å². The number of aliphatic hydroxyl groups excluding tert-OH is 1. The van der Waals surface area contributed by atoms with E-state index in [-0.39, 0.29) is 12.4 Å². The fourth-order valence-corrected chi connectivity index (χ4v) is 5.16. The summed E-state index contributed by atoms with van der Waals surface area (Å²) >= 11 is 1.57. The minimum atomic E-state index is -0.359. The van der Waals surface area contributed by atoms with Crippen molar-refractivity contribution in [3.05, 3.63) is 47.0 Å². The number of anilines is 1. The van der Waals surface area contributed by atoms with Crippen molar-refractivity contribution in [1.82, 2.24) is 20.2 Å². The summed E-state index contributed by atoms with van der Waals surface area (Å²) in [6.45, 7) is 4.77. The first kappa shape index (κ1) is 24.1. The number of aryl methyl sites for hydroxylation is 1. The monoisotopic (exact) mass is 484 g/mol. The van der Waals surface area contributed by atoms with E-state index in [1.807, 2.05) is 6.92 Å². The van der Waals surface area contributed by atoms with Crippen molar-refractivity contribution in [1.29, 1.82) is 5.41 Å². The normalized spacial score (nSPS) is 15.5. The highest BCUT2D eigenvalue weighted by atomic mass is 32.1. The molecule has 0 bridgehead atoms. The van der Waals surface area contributed by atoms with Crippen LogP contribution in [0.25, 0.3) is 21.3 Å². The summed E-state index contributed by atoms with van der Waals surface area (Å²) in [5, 5.41) is 23.4. The molecule has 4 rings (SSSR count). The second-order valence-electron chi connectivity index (χ2n) is 8.16. The van der Waals surface area contributed by atoms with Gasteiger partial charge in [0.2, 0.25) is 5.95 Å². The SMILES string of the molecule is COc1cc(F)ccc1-c1c(C)sc2cnc(N/C(C=N)=C/NC3CCN(CCO)CC3)nc12. The van der Waals surface area contributed by atoms with Gasteiger partial charge < -0.3 is 30.8 Å². The summed E-state index contributed by atoms with van der Waals surface area (Å²) in [5.41, 5.74) is 2.95. The molecule has 0 saturated carbocycles. The molecule has 1 fully saturated rings. The lowest BCUT2D eigenvalue weighted by atomic mass is 10.0. The number of likely N-dealkylation sites (tertiary alicyclic amines) is 1. The third-order valence-electron chi connectivity index (χ3n) is 5.93. The zero-order valence-electron chi connectivity index (χ0n) is 19.3. The minimum Gasteiger partial charge on any atom is -0.496 e. The fraction of sp³-hybridized carbons (Fsp3) is 0.375. The van der Waals surface area contributed by atoms with E-state index in [9.17, 15) is 4.39 Å². The molecule has 8 nitrogen and oxygen atoms in total. The van der Waals surface area contributed by atoms with Crippen LogP contribution in [-0.2, 0) is 0 Å². The standard InChI is InChI=1S/C24H29FN6O2S/c1-15-22(19-4-3-16(25)11-20(19)33-2)23-21(34-15)14-28-24(30-23)29-18(12-26)13-27-17-5-7-31(8-6-17)9-10-32/h3-4,11-14,17,26-27,32H,5-10H2,1-2H3,(H,28,29,30)/b18-13+,26-12?. The van der Waals surface area contributed by atoms with Gasteiger partial charge in [0.1, 0.15) is 11.6 Å². The number of nitrogens with one attached hydrogen (secondary N) is 3. The Morgan fingerprint density at radius 3 is 2.88 bits per heavy atom. The molecule has 0 unspecified atom stereocenters. The Bertz CT molecular complexity index is 1190. The van der Waals surface area contributed by atoms with Gasteiger partial charge in [0, 0.05) is 60.2 Å². The lowest BCUT2D eigenvalue weighted by Crippen LogP contribution is -2.42. The number of fused-ring (bicyclic) bond motifs is 1. The third kappa shape index (κ3) is 5.35. The number of ether oxygens (including phenoxy) is 1. The Morgan fingerprint density at radius 2 is 2.18 bits per heavy atom. The second-order valence-corrected chi connectivity index (χ2v) is 9.42. The van der Waals surface area contributed by atoms with Crippen molar-refractivity contribution >= 4 is 33.7 Å². The van der Waals surface area contributed by atoms with Crippen LogP contribution in [0.2, 0.25) is 0 Å². The van der Waals surface area contributed by atoms with Gasteiger partial charge in [-0.3, -0.25) is 0 Å². The Kier molecular flexibility index (Phi) is 7.71. The number of halogens is 1. The van der Waals surface area contributed by atoms with Gasteiger partial charge in [0.15, 0.2) is 0 Å². The van der Waals surface area contributed by atoms with Gasteiger partial charge in [-0.05, 0) is 31.9 Å². The Morgan fingerprint density at radius 1 is 1.38 bits per heavy atom. The largest absolute Gasteiger partial charge is 0.496 e. The fourth-order valence-electron chi connectivity index (χ4n) is 4.17. The Balaban J connectivity index is 1.54. The maximum atomic E-state index is 13.7. The first-order valence-corrected chi connectivity index (χ1v) is 12.0. The van der Waals surface area contributed by atoms with Gasteiger partial charge in [0.05, 0.1) is 35.8 Å². The number of β-amino-alcohol motifs (C(OH)–C–C–N with tert-alkyl or cyclic N) is 1. The van der Waals surface area contributed by atoms with Gasteiger partial charge in [-0.25, -0.2) is 14.4 Å². The highest BCUT2D eigenvalue weighted by Gasteiger charge is 2.19. The predicted molar refractivity (Wildman–Crippen MR) is 134 cm³/mol. The number of rotatable bonds is 9. The molecule has 2 aromatic heterocycles. The number of allylic oxidation sites excluding steroid dienone is 1. The van der Waals surface area contributed by atoms with Crippen LogP contribution in [0.4, 0.5) is 10.3 Å². The molecule has 1 saturated heterocycles. The van der Waals surface area contributed by atoms with Crippen molar-refractivity contribution in [3.63, 3.8) is 0 Å². The van der Waals surface area contributed by atoms with Crippen LogP contribution in [0.5, 0.6) is 5.75 Å². The van der Waals surface area contributed by atoms with E-state index in [1.54, 1.807) is 29.8 Å². The maximum absolute atomic E-state index is 13.7. The van der Waals surface area contributed by atoms with Crippen molar-refractivity contribution in [2.45, 2.75) is 25.8 Å². The number of aliphatic hydroxyl groups is 1. The minimum absolute atomic E-state index is 0.184. The molecular weight excluding hydrogens is 455 g/mol.